The van der Waals surface area contributed by atoms with Crippen molar-refractivity contribution in [2.24, 2.45) is 11.3 Å². The van der Waals surface area contributed by atoms with Crippen LogP contribution in [0.5, 0.6) is 0 Å². The number of hydrogen-bond donors (Lipinski definition) is 2. The molecule has 1 rings (SSSR count). The summed E-state index contributed by atoms with van der Waals surface area (Å²) in [6.45, 7) is 15.5. The summed E-state index contributed by atoms with van der Waals surface area (Å²) < 4.78 is 5.11. The Hall–Kier alpha value is -2.67. The van der Waals surface area contributed by atoms with Gasteiger partial charge in [0.1, 0.15) is 11.6 Å². The van der Waals surface area contributed by atoms with Crippen molar-refractivity contribution in [2.75, 3.05) is 20.7 Å². The molecule has 0 aliphatic rings. The summed E-state index contributed by atoms with van der Waals surface area (Å²) in [5.74, 6) is -0.827. The molecule has 0 aliphatic heterocycles. The number of nitrogens with zero attached hydrogens (tertiary/aromatic N) is 1. The summed E-state index contributed by atoms with van der Waals surface area (Å²) in [6.07, 6.45) is 2.28. The zero-order valence-corrected chi connectivity index (χ0v) is 23.2. The minimum Gasteiger partial charge on any atom is -0.463 e. The van der Waals surface area contributed by atoms with Crippen LogP contribution >= 0.6 is 0 Å². The second-order valence-electron chi connectivity index (χ2n) is 10.4. The third-order valence-electron chi connectivity index (χ3n) is 6.50. The lowest BCUT2D eigenvalue weighted by Gasteiger charge is -2.40. The van der Waals surface area contributed by atoms with Gasteiger partial charge in [-0.25, -0.2) is 4.79 Å². The van der Waals surface area contributed by atoms with Crippen LogP contribution in [0.4, 0.5) is 0 Å². The number of amides is 2. The van der Waals surface area contributed by atoms with Crippen LogP contribution in [0.2, 0.25) is 0 Å². The fourth-order valence-corrected chi connectivity index (χ4v) is 4.23. The van der Waals surface area contributed by atoms with E-state index in [0.29, 0.717) is 12.0 Å². The zero-order chi connectivity index (χ0) is 27.0. The van der Waals surface area contributed by atoms with Gasteiger partial charge in [0.2, 0.25) is 11.8 Å². The van der Waals surface area contributed by atoms with Gasteiger partial charge >= 0.3 is 5.97 Å². The van der Waals surface area contributed by atoms with E-state index in [2.05, 4.69) is 10.6 Å². The third-order valence-corrected chi connectivity index (χ3v) is 6.50. The highest BCUT2D eigenvalue weighted by atomic mass is 16.5. The van der Waals surface area contributed by atoms with Crippen LogP contribution in [0, 0.1) is 11.3 Å². The van der Waals surface area contributed by atoms with E-state index >= 15 is 0 Å². The van der Waals surface area contributed by atoms with Crippen LogP contribution in [-0.2, 0) is 24.7 Å². The molecule has 0 saturated carbocycles. The number of likely N-dealkylation sites (N-methyl/N-ethyl adjacent to an activating group) is 2. The minimum absolute atomic E-state index is 0.0426. The number of rotatable bonds is 11. The summed E-state index contributed by atoms with van der Waals surface area (Å²) in [5, 5.41) is 6.26. The molecule has 3 atom stereocenters. The molecule has 196 valence electrons. The van der Waals surface area contributed by atoms with E-state index in [9.17, 15) is 14.4 Å². The molecule has 35 heavy (non-hydrogen) atoms. The fourth-order valence-electron chi connectivity index (χ4n) is 4.23. The van der Waals surface area contributed by atoms with Crippen molar-refractivity contribution in [3.63, 3.8) is 0 Å². The first-order chi connectivity index (χ1) is 16.3. The Bertz CT molecular complexity index is 883. The van der Waals surface area contributed by atoms with Gasteiger partial charge in [0.25, 0.3) is 0 Å². The fraction of sp³-hybridized carbons (Fsp3) is 0.607. The van der Waals surface area contributed by atoms with Crippen molar-refractivity contribution in [3.05, 3.63) is 47.5 Å². The first-order valence-electron chi connectivity index (χ1n) is 12.4. The second-order valence-corrected chi connectivity index (χ2v) is 10.4. The molecule has 0 aliphatic carbocycles. The highest BCUT2D eigenvalue weighted by Crippen LogP contribution is 2.28. The number of hydrogen-bond acceptors (Lipinski definition) is 5. The van der Waals surface area contributed by atoms with Crippen molar-refractivity contribution in [2.45, 2.75) is 79.4 Å². The molecule has 0 radical (unpaired) electrons. The predicted octanol–water partition coefficient (Wildman–Crippen LogP) is 4.03. The molecule has 1 aromatic rings. The molecule has 2 N–H and O–H groups in total. The SMILES string of the molecule is CCOC(=O)/C(C)=C/C(C(C)C)N(C)C(=O)C(NC(=O)C(CC)(NC)c1ccccc1)C(C)(C)C. The lowest BCUT2D eigenvalue weighted by atomic mass is 9.82. The molecular formula is C28H45N3O4. The van der Waals surface area contributed by atoms with Crippen molar-refractivity contribution < 1.29 is 19.1 Å². The van der Waals surface area contributed by atoms with Gasteiger partial charge in [-0.3, -0.25) is 9.59 Å². The van der Waals surface area contributed by atoms with E-state index in [1.165, 1.54) is 0 Å². The van der Waals surface area contributed by atoms with E-state index < -0.39 is 23.0 Å². The van der Waals surface area contributed by atoms with Crippen molar-refractivity contribution in [1.82, 2.24) is 15.5 Å². The lowest BCUT2D eigenvalue weighted by Crippen LogP contribution is -2.61. The molecule has 0 bridgehead atoms. The quantitative estimate of drug-likeness (QED) is 0.363. The first kappa shape index (κ1) is 30.4. The van der Waals surface area contributed by atoms with Crippen LogP contribution in [0.25, 0.3) is 0 Å². The number of carbonyl (C=O) groups is 3. The maximum atomic E-state index is 13.8. The standard InChI is InChI=1S/C28H45N3O4/c1-11-28(29-9,21-16-14-13-15-17-21)26(34)30-23(27(6,7)8)24(32)31(10)22(19(3)4)18-20(5)25(33)35-12-2/h13-19,22-23,29H,11-12H2,1-10H3,(H,30,34)/b20-18+. The maximum absolute atomic E-state index is 13.8. The number of carbonyl (C=O) groups excluding carboxylic acids is 3. The Morgan fingerprint density at radius 3 is 2.09 bits per heavy atom. The van der Waals surface area contributed by atoms with Gasteiger partial charge in [-0.05, 0) is 44.2 Å². The molecule has 1 aromatic carbocycles. The highest BCUT2D eigenvalue weighted by molar-refractivity contribution is 5.93. The summed E-state index contributed by atoms with van der Waals surface area (Å²) in [6, 6.07) is 8.41. The number of esters is 1. The van der Waals surface area contributed by atoms with E-state index in [4.69, 9.17) is 4.74 Å². The molecule has 0 heterocycles. The van der Waals surface area contributed by atoms with Gasteiger partial charge in [-0.15, -0.1) is 0 Å². The van der Waals surface area contributed by atoms with Crippen molar-refractivity contribution in [1.29, 1.82) is 0 Å². The van der Waals surface area contributed by atoms with Crippen LogP contribution in [0.15, 0.2) is 42.0 Å². The lowest BCUT2D eigenvalue weighted by molar-refractivity contribution is -0.142. The van der Waals surface area contributed by atoms with E-state index in [0.717, 1.165) is 5.56 Å². The largest absolute Gasteiger partial charge is 0.463 e. The zero-order valence-electron chi connectivity index (χ0n) is 23.2. The summed E-state index contributed by atoms with van der Waals surface area (Å²) in [4.78, 5) is 41.4. The minimum atomic E-state index is -0.971. The Labute approximate surface area is 211 Å². The Balaban J connectivity index is 3.35. The number of ether oxygens (including phenoxy) is 1. The monoisotopic (exact) mass is 487 g/mol. The summed E-state index contributed by atoms with van der Waals surface area (Å²) >= 11 is 0. The molecular weight excluding hydrogens is 442 g/mol. The number of benzene rings is 1. The molecule has 0 aromatic heterocycles. The van der Waals surface area contributed by atoms with Crippen molar-refractivity contribution >= 4 is 17.8 Å². The third kappa shape index (κ3) is 7.40. The second kappa shape index (κ2) is 12.9. The number of nitrogens with one attached hydrogen (secondary N) is 2. The van der Waals surface area contributed by atoms with Crippen LogP contribution in [0.3, 0.4) is 0 Å². The Morgan fingerprint density at radius 2 is 1.66 bits per heavy atom. The molecule has 0 saturated heterocycles. The smallest absolute Gasteiger partial charge is 0.333 e. The van der Waals surface area contributed by atoms with Gasteiger partial charge in [0.05, 0.1) is 12.6 Å². The van der Waals surface area contributed by atoms with Gasteiger partial charge in [0.15, 0.2) is 0 Å². The Morgan fingerprint density at radius 1 is 1.09 bits per heavy atom. The van der Waals surface area contributed by atoms with Gasteiger partial charge in [-0.1, -0.05) is 78.0 Å². The van der Waals surface area contributed by atoms with E-state index in [1.54, 1.807) is 38.9 Å². The molecule has 0 spiro atoms. The van der Waals surface area contributed by atoms with Crippen molar-refractivity contribution in [3.8, 4) is 0 Å². The van der Waals surface area contributed by atoms with E-state index in [1.807, 2.05) is 71.9 Å². The molecule has 7 heteroatoms. The van der Waals surface area contributed by atoms with Gasteiger partial charge in [0, 0.05) is 12.6 Å². The summed E-state index contributed by atoms with van der Waals surface area (Å²) in [7, 11) is 3.48. The van der Waals surface area contributed by atoms with Crippen LogP contribution in [0.1, 0.15) is 67.4 Å². The van der Waals surface area contributed by atoms with E-state index in [-0.39, 0.29) is 30.4 Å². The molecule has 0 fully saturated rings. The normalized spacial score (nSPS) is 15.7. The predicted molar refractivity (Wildman–Crippen MR) is 141 cm³/mol. The summed E-state index contributed by atoms with van der Waals surface area (Å²) in [5.41, 5.74) is -0.233. The topological polar surface area (TPSA) is 87.7 Å². The molecule has 2 amide bonds. The average molecular weight is 488 g/mol. The highest BCUT2D eigenvalue weighted by Gasteiger charge is 2.43. The molecule has 3 unspecified atom stereocenters. The maximum Gasteiger partial charge on any atom is 0.333 e. The van der Waals surface area contributed by atoms with Crippen LogP contribution < -0.4 is 10.6 Å². The van der Waals surface area contributed by atoms with Gasteiger partial charge < -0.3 is 20.3 Å². The average Bonchev–Trinajstić information content (AvgIpc) is 2.81. The molecule has 7 nitrogen and oxygen atoms in total. The van der Waals surface area contributed by atoms with Crippen LogP contribution in [-0.4, -0.2) is 55.5 Å². The first-order valence-corrected chi connectivity index (χ1v) is 12.4. The van der Waals surface area contributed by atoms with Gasteiger partial charge in [-0.2, -0.15) is 0 Å². The Kier molecular flexibility index (Phi) is 11.2.